The summed E-state index contributed by atoms with van der Waals surface area (Å²) in [6.07, 6.45) is 8.04. The molecule has 1 aromatic heterocycles. The largest absolute Gasteiger partial charge is 0.346 e. The smallest absolute Gasteiger partial charge is 0.315 e. The standard InChI is InChI=1S/C36H53N7O7S/c1-12-16-23(28(44)31(46)38-18-13-2)39-30(45)27-26-22(36(26,9)10)20-43(27)32(47)29(35(6,7)8)41-33(48)40-24(34(3,4)5)21-42(11)51(49,50)25-17-14-15-19-37-25/h1,13-15,17,19,22-24,26-27,29H,2,16,18,20-21H2,3-11H3,(H,38,46)(H,39,45)(H2,40,41,48)/t22-,23?,24+,26-,27-,29+/m0/s1. The molecule has 280 valence electrons. The maximum Gasteiger partial charge on any atom is 0.315 e. The number of aromatic nitrogens is 1. The van der Waals surface area contributed by atoms with Gasteiger partial charge in [-0.1, -0.05) is 67.5 Å². The number of amides is 5. The van der Waals surface area contributed by atoms with E-state index in [0.717, 1.165) is 4.31 Å². The fourth-order valence-corrected chi connectivity index (χ4v) is 7.61. The molecule has 1 aliphatic heterocycles. The molecule has 1 unspecified atom stereocenters. The van der Waals surface area contributed by atoms with Crippen molar-refractivity contribution in [3.05, 3.63) is 37.1 Å². The summed E-state index contributed by atoms with van der Waals surface area (Å²) in [6, 6.07) is -0.193. The second-order valence-corrected chi connectivity index (χ2v) is 18.0. The maximum absolute atomic E-state index is 14.4. The number of terminal acetylenes is 1. The lowest BCUT2D eigenvalue weighted by molar-refractivity contribution is -0.145. The first-order chi connectivity index (χ1) is 23.5. The number of urea groups is 1. The van der Waals surface area contributed by atoms with Crippen LogP contribution in [0, 0.1) is 40.4 Å². The normalized spacial score (nSPS) is 21.3. The number of piperidine rings is 1. The number of nitrogens with one attached hydrogen (secondary N) is 4. The number of likely N-dealkylation sites (tertiary alicyclic amines) is 1. The zero-order valence-electron chi connectivity index (χ0n) is 31.1. The quantitative estimate of drug-likeness (QED) is 0.127. The number of hydrogen-bond donors (Lipinski definition) is 4. The summed E-state index contributed by atoms with van der Waals surface area (Å²) in [5.41, 5.74) is -1.69. The van der Waals surface area contributed by atoms with Crippen molar-refractivity contribution < 1.29 is 32.4 Å². The predicted octanol–water partition coefficient (Wildman–Crippen LogP) is 1.69. The number of rotatable bonds is 14. The van der Waals surface area contributed by atoms with Crippen LogP contribution in [0.15, 0.2) is 42.1 Å². The lowest BCUT2D eigenvalue weighted by atomic mass is 9.85. The molecule has 5 amide bonds. The Morgan fingerprint density at radius 2 is 1.75 bits per heavy atom. The minimum absolute atomic E-state index is 0.00817. The molecule has 2 aliphatic rings. The number of ketones is 1. The van der Waals surface area contributed by atoms with E-state index < -0.39 is 74.6 Å². The number of pyridine rings is 1. The number of hydrogen-bond acceptors (Lipinski definition) is 8. The van der Waals surface area contributed by atoms with Crippen LogP contribution in [0.4, 0.5) is 4.79 Å². The molecule has 0 aromatic carbocycles. The third-order valence-electron chi connectivity index (χ3n) is 9.84. The number of fused-ring (bicyclic) bond motifs is 1. The van der Waals surface area contributed by atoms with Crippen LogP contribution in [0.5, 0.6) is 0 Å². The molecule has 51 heavy (non-hydrogen) atoms. The first kappa shape index (κ1) is 41.1. The second-order valence-electron chi connectivity index (χ2n) is 16.0. The van der Waals surface area contributed by atoms with Gasteiger partial charge in [-0.15, -0.1) is 18.9 Å². The summed E-state index contributed by atoms with van der Waals surface area (Å²) in [5.74, 6) is -0.849. The molecule has 3 rings (SSSR count). The van der Waals surface area contributed by atoms with E-state index in [9.17, 15) is 32.4 Å². The van der Waals surface area contributed by atoms with Gasteiger partial charge in [0.25, 0.3) is 15.9 Å². The highest BCUT2D eigenvalue weighted by Gasteiger charge is 2.70. The molecule has 6 atom stereocenters. The Bertz CT molecular complexity index is 1660. The molecule has 2 heterocycles. The number of carbonyl (C=O) groups is 5. The van der Waals surface area contributed by atoms with Crippen LogP contribution in [0.2, 0.25) is 0 Å². The summed E-state index contributed by atoms with van der Waals surface area (Å²) in [6.45, 7) is 18.6. The van der Waals surface area contributed by atoms with Gasteiger partial charge in [-0.3, -0.25) is 19.2 Å². The first-order valence-electron chi connectivity index (χ1n) is 16.9. The van der Waals surface area contributed by atoms with E-state index in [2.05, 4.69) is 38.8 Å². The summed E-state index contributed by atoms with van der Waals surface area (Å²) >= 11 is 0. The van der Waals surface area contributed by atoms with E-state index in [0.29, 0.717) is 0 Å². The molecule has 2 fully saturated rings. The highest BCUT2D eigenvalue weighted by atomic mass is 32.2. The minimum Gasteiger partial charge on any atom is -0.346 e. The third kappa shape index (κ3) is 9.34. The average molecular weight is 728 g/mol. The van der Waals surface area contributed by atoms with Crippen molar-refractivity contribution in [1.82, 2.24) is 35.5 Å². The molecule has 1 saturated carbocycles. The Morgan fingerprint density at radius 3 is 2.27 bits per heavy atom. The van der Waals surface area contributed by atoms with Crippen LogP contribution in [0.3, 0.4) is 0 Å². The number of carbonyl (C=O) groups excluding carboxylic acids is 5. The van der Waals surface area contributed by atoms with Crippen LogP contribution in [0.25, 0.3) is 0 Å². The second kappa shape index (κ2) is 15.5. The van der Waals surface area contributed by atoms with Gasteiger partial charge < -0.3 is 26.2 Å². The van der Waals surface area contributed by atoms with Crippen molar-refractivity contribution in [2.75, 3.05) is 26.7 Å². The number of likely N-dealkylation sites (N-methyl/N-ethyl adjacent to an activating group) is 1. The van der Waals surface area contributed by atoms with Gasteiger partial charge in [0.1, 0.15) is 18.1 Å². The lowest BCUT2D eigenvalue weighted by Crippen LogP contribution is -2.62. The van der Waals surface area contributed by atoms with Crippen LogP contribution in [-0.2, 0) is 29.2 Å². The highest BCUT2D eigenvalue weighted by molar-refractivity contribution is 7.89. The third-order valence-corrected chi connectivity index (χ3v) is 11.6. The molecule has 1 aliphatic carbocycles. The van der Waals surface area contributed by atoms with Crippen molar-refractivity contribution >= 4 is 39.6 Å². The van der Waals surface area contributed by atoms with E-state index in [4.69, 9.17) is 6.42 Å². The van der Waals surface area contributed by atoms with Gasteiger partial charge in [-0.2, -0.15) is 4.31 Å². The zero-order chi connectivity index (χ0) is 38.7. The highest BCUT2D eigenvalue weighted by Crippen LogP contribution is 2.65. The molecule has 0 spiro atoms. The van der Waals surface area contributed by atoms with E-state index in [1.165, 1.54) is 30.3 Å². The van der Waals surface area contributed by atoms with E-state index in [1.54, 1.807) is 32.9 Å². The van der Waals surface area contributed by atoms with E-state index in [1.807, 2.05) is 34.6 Å². The zero-order valence-corrected chi connectivity index (χ0v) is 31.9. The molecular formula is C36H53N7O7S. The van der Waals surface area contributed by atoms with Crippen molar-refractivity contribution in [2.24, 2.45) is 28.1 Å². The van der Waals surface area contributed by atoms with Gasteiger partial charge in [0.2, 0.25) is 17.6 Å². The van der Waals surface area contributed by atoms with Gasteiger partial charge in [0, 0.05) is 45.3 Å². The van der Waals surface area contributed by atoms with Crippen LogP contribution in [0.1, 0.15) is 61.8 Å². The van der Waals surface area contributed by atoms with Crippen LogP contribution >= 0.6 is 0 Å². The predicted molar refractivity (Wildman–Crippen MR) is 192 cm³/mol. The van der Waals surface area contributed by atoms with Crippen LogP contribution in [-0.4, -0.2) is 103 Å². The Morgan fingerprint density at radius 1 is 1.10 bits per heavy atom. The fraction of sp³-hybridized carbons (Fsp3) is 0.611. The SMILES string of the molecule is C#CCC(NC(=O)[C@@H]1[C@@H]2[C@H](CN1C(=O)[C@@H](NC(=O)N[C@H](CN(C)S(=O)(=O)c1ccccn1)C(C)(C)C)C(C)(C)C)C2(C)C)C(=O)C(=O)NCC=C. The Kier molecular flexibility index (Phi) is 12.5. The fourth-order valence-electron chi connectivity index (χ4n) is 6.50. The monoisotopic (exact) mass is 727 g/mol. The van der Waals surface area contributed by atoms with Gasteiger partial charge in [0.15, 0.2) is 5.03 Å². The molecule has 1 saturated heterocycles. The topological polar surface area (TPSA) is 187 Å². The van der Waals surface area contributed by atoms with Crippen LogP contribution < -0.4 is 21.3 Å². The molecule has 1 aromatic rings. The van der Waals surface area contributed by atoms with E-state index >= 15 is 0 Å². The van der Waals surface area contributed by atoms with Crippen molar-refractivity contribution in [3.8, 4) is 12.3 Å². The molecule has 0 radical (unpaired) electrons. The summed E-state index contributed by atoms with van der Waals surface area (Å²) in [4.78, 5) is 72.7. The summed E-state index contributed by atoms with van der Waals surface area (Å²) in [7, 11) is -2.55. The van der Waals surface area contributed by atoms with E-state index in [-0.39, 0.29) is 48.3 Å². The summed E-state index contributed by atoms with van der Waals surface area (Å²) < 4.78 is 27.5. The Hall–Kier alpha value is -4.29. The first-order valence-corrected chi connectivity index (χ1v) is 18.4. The van der Waals surface area contributed by atoms with Gasteiger partial charge in [-0.25, -0.2) is 18.2 Å². The number of nitrogens with zero attached hydrogens (tertiary/aromatic N) is 3. The molecular weight excluding hydrogens is 675 g/mol. The molecule has 15 heteroatoms. The molecule has 14 nitrogen and oxygen atoms in total. The van der Waals surface area contributed by atoms with Crippen molar-refractivity contribution in [1.29, 1.82) is 0 Å². The maximum atomic E-state index is 14.4. The molecule has 0 bridgehead atoms. The van der Waals surface area contributed by atoms with Crippen molar-refractivity contribution in [3.63, 3.8) is 0 Å². The minimum atomic E-state index is -3.96. The molecule has 4 N–H and O–H groups in total. The Balaban J connectivity index is 1.83. The lowest BCUT2D eigenvalue weighted by Gasteiger charge is -2.39. The van der Waals surface area contributed by atoms with Gasteiger partial charge in [0.05, 0.1) is 0 Å². The summed E-state index contributed by atoms with van der Waals surface area (Å²) in [5, 5.41) is 10.6. The van der Waals surface area contributed by atoms with Gasteiger partial charge in [-0.05, 0) is 40.2 Å². The number of sulfonamides is 1. The van der Waals surface area contributed by atoms with Crippen molar-refractivity contribution in [2.45, 2.75) is 91.0 Å². The number of Topliss-reactive ketones (excluding diaryl/α,β-unsaturated/α-hetero) is 1. The van der Waals surface area contributed by atoms with Gasteiger partial charge >= 0.3 is 6.03 Å². The average Bonchev–Trinajstić information content (AvgIpc) is 3.34. The Labute approximate surface area is 302 Å².